The maximum atomic E-state index is 13.4. The Morgan fingerprint density at radius 3 is 2.69 bits per heavy atom. The number of fused-ring (bicyclic) bond motifs is 4. The molecule has 5 unspecified atom stereocenters. The molecule has 0 aliphatic heterocycles. The molecule has 0 aromatic carbocycles. The molecule has 0 radical (unpaired) electrons. The summed E-state index contributed by atoms with van der Waals surface area (Å²) >= 11 is 0. The largest absolute Gasteiger partial charge is 0.393 e. The highest BCUT2D eigenvalue weighted by Gasteiger charge is 2.59. The minimum Gasteiger partial charge on any atom is -0.393 e. The number of nitrogens with zero attached hydrogens (tertiary/aromatic N) is 1. The number of anilines is 1. The fraction of sp³-hybridized carbons (Fsp3) is 0.586. The third kappa shape index (κ3) is 4.52. The average Bonchev–Trinajstić information content (AvgIpc) is 3.12. The number of hydrogen-bond acceptors (Lipinski definition) is 5. The summed E-state index contributed by atoms with van der Waals surface area (Å²) in [5.74, 6) is 0.421. The molecule has 0 saturated heterocycles. The minimum absolute atomic E-state index is 0.0392. The average molecular weight is 480 g/mol. The molecule has 6 heteroatoms. The van der Waals surface area contributed by atoms with E-state index in [1.807, 2.05) is 39.2 Å². The maximum absolute atomic E-state index is 13.4. The van der Waals surface area contributed by atoms with Crippen LogP contribution >= 0.6 is 0 Å². The monoisotopic (exact) mass is 479 g/mol. The predicted molar refractivity (Wildman–Crippen MR) is 140 cm³/mol. The van der Waals surface area contributed by atoms with Crippen LogP contribution in [0.1, 0.15) is 58.1 Å². The van der Waals surface area contributed by atoms with Gasteiger partial charge in [-0.05, 0) is 89.1 Å². The summed E-state index contributed by atoms with van der Waals surface area (Å²) in [7, 11) is 3.75. The molecule has 4 aliphatic carbocycles. The topological polar surface area (TPSA) is 94.5 Å². The van der Waals surface area contributed by atoms with Gasteiger partial charge >= 0.3 is 0 Å². The standard InChI is InChI=1S/C27H34N2O3.C2H7N/c1-16-13-20-14-19-15-21(30)7-6-18(19)10-11-27(20,32)24-9-8-22(26(16,24)3)25(31)29-23-5-4-12-28-17(23)2;1-3-2/h4-5,8,12-14,16,18,21,24,30,32H,6-7,9-11,15H2,1-3H3,(H,29,31);3H,1-2H3/t16?,18?,21?,24?,26?,27-;/m1./s1. The van der Waals surface area contributed by atoms with Crippen LogP contribution in [0.3, 0.4) is 0 Å². The van der Waals surface area contributed by atoms with Crippen LogP contribution in [0.15, 0.2) is 53.3 Å². The summed E-state index contributed by atoms with van der Waals surface area (Å²) in [5, 5.41) is 28.1. The van der Waals surface area contributed by atoms with Crippen molar-refractivity contribution in [3.63, 3.8) is 0 Å². The Kier molecular flexibility index (Phi) is 7.37. The van der Waals surface area contributed by atoms with Crippen molar-refractivity contribution in [3.8, 4) is 0 Å². The van der Waals surface area contributed by atoms with Crippen molar-refractivity contribution in [1.29, 1.82) is 0 Å². The zero-order valence-corrected chi connectivity index (χ0v) is 21.8. The van der Waals surface area contributed by atoms with Crippen molar-refractivity contribution in [1.82, 2.24) is 10.3 Å². The van der Waals surface area contributed by atoms with Crippen molar-refractivity contribution < 1.29 is 15.0 Å². The van der Waals surface area contributed by atoms with Gasteiger partial charge in [-0.25, -0.2) is 0 Å². The molecule has 35 heavy (non-hydrogen) atoms. The SMILES string of the molecule is CNC.Cc1ncccc1NC(=O)C1=CCC2C1(C)C(C)C=C1C=C3CC(O)CCC3CC[C@@]12O. The van der Waals surface area contributed by atoms with Crippen LogP contribution in [0.5, 0.6) is 0 Å². The molecule has 1 saturated carbocycles. The van der Waals surface area contributed by atoms with Gasteiger partial charge in [0.15, 0.2) is 0 Å². The first-order valence-corrected chi connectivity index (χ1v) is 13.0. The van der Waals surface area contributed by atoms with E-state index in [4.69, 9.17) is 0 Å². The van der Waals surface area contributed by atoms with Gasteiger partial charge in [-0.1, -0.05) is 37.6 Å². The van der Waals surface area contributed by atoms with E-state index in [0.29, 0.717) is 25.2 Å². The molecular formula is C29H41N3O3. The Morgan fingerprint density at radius 2 is 1.97 bits per heavy atom. The number of allylic oxidation sites excluding steroid dienone is 2. The van der Waals surface area contributed by atoms with E-state index in [9.17, 15) is 15.0 Å². The number of pyridine rings is 1. The Bertz CT molecular complexity index is 1060. The van der Waals surface area contributed by atoms with E-state index in [0.717, 1.165) is 41.8 Å². The number of carbonyl (C=O) groups is 1. The summed E-state index contributed by atoms with van der Waals surface area (Å²) in [4.78, 5) is 17.7. The van der Waals surface area contributed by atoms with Gasteiger partial charge in [0.1, 0.15) is 0 Å². The van der Waals surface area contributed by atoms with E-state index in [1.165, 1.54) is 5.57 Å². The number of aryl methyl sites for hydroxylation is 1. The zero-order chi connectivity index (χ0) is 25.4. The predicted octanol–water partition coefficient (Wildman–Crippen LogP) is 4.31. The summed E-state index contributed by atoms with van der Waals surface area (Å²) in [6.45, 7) is 6.20. The lowest BCUT2D eigenvalue weighted by atomic mass is 9.55. The lowest BCUT2D eigenvalue weighted by Gasteiger charge is -2.51. The van der Waals surface area contributed by atoms with Crippen LogP contribution in [-0.2, 0) is 4.79 Å². The second-order valence-corrected chi connectivity index (χ2v) is 11.0. The molecule has 1 aromatic rings. The first kappa shape index (κ1) is 25.8. The van der Waals surface area contributed by atoms with Gasteiger partial charge in [-0.3, -0.25) is 9.78 Å². The molecule has 4 aliphatic rings. The van der Waals surface area contributed by atoms with Gasteiger partial charge in [0, 0.05) is 23.1 Å². The lowest BCUT2D eigenvalue weighted by Crippen LogP contribution is -2.52. The molecule has 5 rings (SSSR count). The molecule has 190 valence electrons. The highest BCUT2D eigenvalue weighted by atomic mass is 16.3. The quantitative estimate of drug-likeness (QED) is 0.507. The highest BCUT2D eigenvalue weighted by Crippen LogP contribution is 2.61. The number of nitrogens with one attached hydrogen (secondary N) is 2. The fourth-order valence-corrected chi connectivity index (χ4v) is 6.78. The second-order valence-electron chi connectivity index (χ2n) is 11.0. The summed E-state index contributed by atoms with van der Waals surface area (Å²) < 4.78 is 0. The smallest absolute Gasteiger partial charge is 0.251 e. The Balaban J connectivity index is 0.000000917. The number of aromatic nitrogens is 1. The van der Waals surface area contributed by atoms with Gasteiger partial charge < -0.3 is 20.8 Å². The molecule has 1 fully saturated rings. The molecule has 1 heterocycles. The van der Waals surface area contributed by atoms with Gasteiger partial charge in [-0.2, -0.15) is 0 Å². The molecule has 6 nitrogen and oxygen atoms in total. The van der Waals surface area contributed by atoms with E-state index < -0.39 is 11.0 Å². The first-order chi connectivity index (χ1) is 16.6. The van der Waals surface area contributed by atoms with Gasteiger partial charge in [0.2, 0.25) is 0 Å². The molecule has 1 amide bonds. The number of hydrogen-bond donors (Lipinski definition) is 4. The van der Waals surface area contributed by atoms with Crippen molar-refractivity contribution >= 4 is 11.6 Å². The lowest BCUT2D eigenvalue weighted by molar-refractivity contribution is -0.115. The van der Waals surface area contributed by atoms with Crippen LogP contribution in [-0.4, -0.2) is 46.9 Å². The first-order valence-electron chi connectivity index (χ1n) is 13.0. The summed E-state index contributed by atoms with van der Waals surface area (Å²) in [5.41, 5.74) is 3.19. The number of aliphatic hydroxyl groups is 2. The third-order valence-electron chi connectivity index (χ3n) is 8.87. The van der Waals surface area contributed by atoms with E-state index in [1.54, 1.807) is 6.20 Å². The van der Waals surface area contributed by atoms with Crippen molar-refractivity contribution in [2.75, 3.05) is 19.4 Å². The molecule has 1 aromatic heterocycles. The summed E-state index contributed by atoms with van der Waals surface area (Å²) in [6.07, 6.45) is 12.8. The highest BCUT2D eigenvalue weighted by molar-refractivity contribution is 6.05. The maximum Gasteiger partial charge on any atom is 0.251 e. The Morgan fingerprint density at radius 1 is 1.23 bits per heavy atom. The molecule has 4 N–H and O–H groups in total. The van der Waals surface area contributed by atoms with Crippen LogP contribution in [0, 0.1) is 30.1 Å². The van der Waals surface area contributed by atoms with Crippen LogP contribution in [0.25, 0.3) is 0 Å². The molecule has 0 spiro atoms. The fourth-order valence-electron chi connectivity index (χ4n) is 6.78. The van der Waals surface area contributed by atoms with E-state index in [2.05, 4.69) is 41.6 Å². The molecule has 6 atom stereocenters. The number of aliphatic hydroxyl groups excluding tert-OH is 1. The van der Waals surface area contributed by atoms with Crippen molar-refractivity contribution in [3.05, 3.63) is 59.0 Å². The minimum atomic E-state index is -0.945. The number of amides is 1. The second kappa shape index (κ2) is 10.00. The Hall–Kier alpha value is -2.28. The Labute approximate surface area is 209 Å². The van der Waals surface area contributed by atoms with E-state index in [-0.39, 0.29) is 23.8 Å². The van der Waals surface area contributed by atoms with Crippen LogP contribution in [0.4, 0.5) is 5.69 Å². The number of rotatable bonds is 2. The van der Waals surface area contributed by atoms with Crippen LogP contribution < -0.4 is 10.6 Å². The molecule has 0 bridgehead atoms. The number of carbonyl (C=O) groups excluding carboxylic acids is 1. The molecular weight excluding hydrogens is 438 g/mol. The van der Waals surface area contributed by atoms with Crippen molar-refractivity contribution in [2.45, 2.75) is 71.0 Å². The van der Waals surface area contributed by atoms with E-state index >= 15 is 0 Å². The zero-order valence-electron chi connectivity index (χ0n) is 21.8. The van der Waals surface area contributed by atoms with Gasteiger partial charge in [0.25, 0.3) is 5.91 Å². The third-order valence-corrected chi connectivity index (χ3v) is 8.87. The van der Waals surface area contributed by atoms with Crippen LogP contribution in [0.2, 0.25) is 0 Å². The summed E-state index contributed by atoms with van der Waals surface area (Å²) in [6, 6.07) is 3.70. The van der Waals surface area contributed by atoms with Gasteiger partial charge in [-0.15, -0.1) is 0 Å². The normalized spacial score (nSPS) is 35.6. The van der Waals surface area contributed by atoms with Crippen molar-refractivity contribution in [2.24, 2.45) is 23.2 Å². The van der Waals surface area contributed by atoms with Gasteiger partial charge in [0.05, 0.1) is 23.1 Å².